The van der Waals surface area contributed by atoms with Crippen LogP contribution in [0.25, 0.3) is 0 Å². The predicted molar refractivity (Wildman–Crippen MR) is 124 cm³/mol. The second kappa shape index (κ2) is 18.9. The van der Waals surface area contributed by atoms with E-state index in [4.69, 9.17) is 11.6 Å². The molecule has 0 radical (unpaired) electrons. The third kappa shape index (κ3) is 18.7. The van der Waals surface area contributed by atoms with Crippen molar-refractivity contribution in [1.29, 1.82) is 0 Å². The molecule has 0 aromatic heterocycles. The lowest BCUT2D eigenvalue weighted by atomic mass is 10.1. The smallest absolute Gasteiger partial charge is 0.228 e. The van der Waals surface area contributed by atoms with Gasteiger partial charge in [0.1, 0.15) is 0 Å². The summed E-state index contributed by atoms with van der Waals surface area (Å²) in [6.45, 7) is 3.73. The molecule has 0 aliphatic heterocycles. The van der Waals surface area contributed by atoms with E-state index >= 15 is 0 Å². The second-order valence-corrected chi connectivity index (χ2v) is 8.54. The summed E-state index contributed by atoms with van der Waals surface area (Å²) in [4.78, 5) is 21.3. The summed E-state index contributed by atoms with van der Waals surface area (Å²) >= 11 is 11.4. The summed E-state index contributed by atoms with van der Waals surface area (Å²) in [7, 11) is 0. The maximum atomic E-state index is 10.6. The molecule has 0 unspecified atom stereocenters. The minimum Gasteiger partial charge on any atom is -0.287 e. The van der Waals surface area contributed by atoms with E-state index in [1.807, 2.05) is 6.08 Å². The number of hydrogen-bond acceptors (Lipinski definition) is 2. The Kier molecular flexibility index (Phi) is 18.6. The van der Waals surface area contributed by atoms with Crippen LogP contribution in [0, 0.1) is 0 Å². The number of rotatable bonds is 14. The Labute approximate surface area is 186 Å². The van der Waals surface area contributed by atoms with E-state index < -0.39 is 0 Å². The van der Waals surface area contributed by atoms with Crippen LogP contribution >= 0.6 is 43.5 Å². The van der Waals surface area contributed by atoms with Crippen LogP contribution in [0.5, 0.6) is 0 Å². The van der Waals surface area contributed by atoms with Crippen molar-refractivity contribution >= 4 is 52.8 Å². The van der Waals surface area contributed by atoms with Gasteiger partial charge in [-0.05, 0) is 75.4 Å². The molecule has 1 rings (SSSR count). The Morgan fingerprint density at radius 1 is 0.815 bits per heavy atom. The fourth-order valence-electron chi connectivity index (χ4n) is 2.55. The van der Waals surface area contributed by atoms with Crippen LogP contribution in [0.1, 0.15) is 87.4 Å². The Balaban J connectivity index is 0.000000569. The third-order valence-corrected chi connectivity index (χ3v) is 5.21. The van der Waals surface area contributed by atoms with Gasteiger partial charge in [-0.1, -0.05) is 69.0 Å². The molecule has 0 amide bonds. The average Bonchev–Trinajstić information content (AvgIpc) is 2.63. The first-order chi connectivity index (χ1) is 13.0. The molecule has 1 aromatic rings. The van der Waals surface area contributed by atoms with Gasteiger partial charge in [0.2, 0.25) is 4.69 Å². The zero-order chi connectivity index (χ0) is 20.3. The van der Waals surface area contributed by atoms with Crippen LogP contribution in [0.2, 0.25) is 5.02 Å². The van der Waals surface area contributed by atoms with Crippen molar-refractivity contribution in [3.63, 3.8) is 0 Å². The van der Waals surface area contributed by atoms with Crippen molar-refractivity contribution in [3.8, 4) is 0 Å². The Bertz CT molecular complexity index is 530. The lowest BCUT2D eigenvalue weighted by Gasteiger charge is -2.01. The molecule has 27 heavy (non-hydrogen) atoms. The Morgan fingerprint density at radius 3 is 1.67 bits per heavy atom. The minimum atomic E-state index is -0.121. The fraction of sp³-hybridized carbons (Fsp3) is 0.545. The van der Waals surface area contributed by atoms with E-state index in [1.54, 1.807) is 24.3 Å². The number of allylic oxidation sites excluding steroid dienone is 1. The van der Waals surface area contributed by atoms with Gasteiger partial charge in [-0.2, -0.15) is 0 Å². The van der Waals surface area contributed by atoms with Crippen LogP contribution < -0.4 is 0 Å². The largest absolute Gasteiger partial charge is 0.287 e. The third-order valence-electron chi connectivity index (χ3n) is 4.10. The summed E-state index contributed by atoms with van der Waals surface area (Å²) in [6.07, 6.45) is 16.9. The molecule has 2 nitrogen and oxygen atoms in total. The number of unbranched alkanes of at least 4 members (excludes halogenated alkanes) is 10. The number of carbonyl (C=O) groups excluding carboxylic acids is 2. The highest BCUT2D eigenvalue weighted by Crippen LogP contribution is 2.13. The minimum absolute atomic E-state index is 0.121. The number of carbonyl (C=O) groups is 2. The van der Waals surface area contributed by atoms with Gasteiger partial charge < -0.3 is 0 Å². The number of benzene rings is 1. The Morgan fingerprint density at radius 2 is 1.26 bits per heavy atom. The van der Waals surface area contributed by atoms with Crippen molar-refractivity contribution in [3.05, 3.63) is 47.5 Å². The average molecular weight is 523 g/mol. The van der Waals surface area contributed by atoms with Gasteiger partial charge in [0.15, 0.2) is 4.69 Å². The van der Waals surface area contributed by atoms with Crippen molar-refractivity contribution in [2.24, 2.45) is 0 Å². The lowest BCUT2D eigenvalue weighted by Crippen LogP contribution is -1.86. The number of halogens is 3. The molecule has 0 saturated heterocycles. The van der Waals surface area contributed by atoms with Gasteiger partial charge in [-0.3, -0.25) is 9.59 Å². The van der Waals surface area contributed by atoms with E-state index in [2.05, 4.69) is 38.4 Å². The van der Waals surface area contributed by atoms with E-state index in [1.165, 1.54) is 64.2 Å². The fourth-order valence-corrected chi connectivity index (χ4v) is 3.22. The topological polar surface area (TPSA) is 34.1 Å². The van der Waals surface area contributed by atoms with Crippen LogP contribution in [-0.2, 0) is 4.79 Å². The number of hydrogen-bond donors (Lipinski definition) is 0. The molecule has 0 heterocycles. The predicted octanol–water partition coefficient (Wildman–Crippen LogP) is 8.65. The summed E-state index contributed by atoms with van der Waals surface area (Å²) in [5, 5.41) is 0.637. The molecule has 0 bridgehead atoms. The maximum Gasteiger partial charge on any atom is 0.228 e. The molecule has 1 aromatic carbocycles. The molecule has 152 valence electrons. The van der Waals surface area contributed by atoms with Crippen LogP contribution in [0.15, 0.2) is 36.9 Å². The summed E-state index contributed by atoms with van der Waals surface area (Å²) < 4.78 is 0.0289. The second-order valence-electron chi connectivity index (χ2n) is 6.50. The molecular weight excluding hydrogens is 492 g/mol. The first-order valence-corrected chi connectivity index (χ1v) is 11.7. The van der Waals surface area contributed by atoms with Crippen LogP contribution in [0.4, 0.5) is 0 Å². The van der Waals surface area contributed by atoms with Crippen molar-refractivity contribution in [2.75, 3.05) is 0 Å². The summed E-state index contributed by atoms with van der Waals surface area (Å²) in [6, 6.07) is 6.69. The van der Waals surface area contributed by atoms with Crippen molar-refractivity contribution < 1.29 is 9.59 Å². The van der Waals surface area contributed by atoms with Gasteiger partial charge in [0.05, 0.1) is 0 Å². The molecule has 0 fully saturated rings. The lowest BCUT2D eigenvalue weighted by molar-refractivity contribution is -0.110. The maximum absolute atomic E-state index is 10.6. The summed E-state index contributed by atoms with van der Waals surface area (Å²) in [5.74, 6) is 0. The first kappa shape index (κ1) is 26.6. The zero-order valence-corrected chi connectivity index (χ0v) is 20.0. The molecule has 0 N–H and O–H groups in total. The Hall–Kier alpha value is -0.450. The molecule has 0 saturated carbocycles. The molecule has 0 atom stereocenters. The molecule has 5 heteroatoms. The van der Waals surface area contributed by atoms with Crippen LogP contribution in [0.3, 0.4) is 0 Å². The first-order valence-electron chi connectivity index (χ1n) is 9.72. The molecule has 0 spiro atoms. The summed E-state index contributed by atoms with van der Waals surface area (Å²) in [5.41, 5.74) is 0.615. The standard InChI is InChI=1S/C15H27BrO.C7H4BrClO/c1-2-3-4-5-6-7-8-9-10-11-12-13-14-15(16)17;8-7(10)5-1-3-6(9)4-2-5/h2H,1,3-14H2;1-4H. The van der Waals surface area contributed by atoms with Crippen molar-refractivity contribution in [1.82, 2.24) is 0 Å². The molecule has 0 aliphatic carbocycles. The van der Waals surface area contributed by atoms with Gasteiger partial charge >= 0.3 is 0 Å². The van der Waals surface area contributed by atoms with E-state index in [-0.39, 0.29) is 9.39 Å². The van der Waals surface area contributed by atoms with Gasteiger partial charge in [0, 0.05) is 17.0 Å². The van der Waals surface area contributed by atoms with Gasteiger partial charge in [-0.25, -0.2) is 0 Å². The van der Waals surface area contributed by atoms with Gasteiger partial charge in [0.25, 0.3) is 0 Å². The van der Waals surface area contributed by atoms with E-state index in [0.29, 0.717) is 17.0 Å². The highest BCUT2D eigenvalue weighted by Gasteiger charge is 1.98. The quantitative estimate of drug-likeness (QED) is 0.139. The highest BCUT2D eigenvalue weighted by molar-refractivity contribution is 9.18. The van der Waals surface area contributed by atoms with E-state index in [0.717, 1.165) is 6.42 Å². The normalized spacial score (nSPS) is 10.0. The monoisotopic (exact) mass is 520 g/mol. The van der Waals surface area contributed by atoms with Gasteiger partial charge in [-0.15, -0.1) is 6.58 Å². The highest BCUT2D eigenvalue weighted by atomic mass is 79.9. The van der Waals surface area contributed by atoms with E-state index in [9.17, 15) is 9.59 Å². The SMILES string of the molecule is C=CCCCCCCCCCCCCC(=O)Br.O=C(Br)c1ccc(Cl)cc1. The molecule has 0 aliphatic rings. The molecular formula is C22H31Br2ClO2. The zero-order valence-electron chi connectivity index (χ0n) is 16.0. The van der Waals surface area contributed by atoms with Crippen LogP contribution in [-0.4, -0.2) is 9.39 Å². The van der Waals surface area contributed by atoms with Crippen molar-refractivity contribution in [2.45, 2.75) is 77.0 Å².